The SMILES string of the molecule is COC(=O)CS(=O)(=O)CC(N)=S. The van der Waals surface area contributed by atoms with Crippen molar-refractivity contribution in [1.29, 1.82) is 0 Å². The summed E-state index contributed by atoms with van der Waals surface area (Å²) in [7, 11) is -2.42. The normalized spacial score (nSPS) is 10.8. The molecule has 0 unspecified atom stereocenters. The third-order valence-electron chi connectivity index (χ3n) is 0.928. The van der Waals surface area contributed by atoms with Gasteiger partial charge in [0, 0.05) is 0 Å². The predicted octanol–water partition coefficient (Wildman–Crippen LogP) is -1.14. The summed E-state index contributed by atoms with van der Waals surface area (Å²) in [5, 5.41) is 0. The van der Waals surface area contributed by atoms with Gasteiger partial charge in [0.05, 0.1) is 12.1 Å². The van der Waals surface area contributed by atoms with Crippen LogP contribution in [0.25, 0.3) is 0 Å². The first-order valence-electron chi connectivity index (χ1n) is 2.93. The number of methoxy groups -OCH3 is 1. The molecule has 0 aliphatic rings. The smallest absolute Gasteiger partial charge is 0.320 e. The van der Waals surface area contributed by atoms with Crippen LogP contribution in [-0.4, -0.2) is 38.0 Å². The number of hydrogen-bond acceptors (Lipinski definition) is 5. The molecule has 0 aliphatic carbocycles. The van der Waals surface area contributed by atoms with Crippen molar-refractivity contribution in [2.45, 2.75) is 0 Å². The summed E-state index contributed by atoms with van der Waals surface area (Å²) in [4.78, 5) is 10.4. The highest BCUT2D eigenvalue weighted by atomic mass is 32.2. The zero-order valence-electron chi connectivity index (χ0n) is 6.44. The van der Waals surface area contributed by atoms with Crippen LogP contribution in [0.5, 0.6) is 0 Å². The minimum Gasteiger partial charge on any atom is -0.468 e. The zero-order chi connectivity index (χ0) is 9.78. The van der Waals surface area contributed by atoms with Gasteiger partial charge in [-0.3, -0.25) is 4.79 Å². The average Bonchev–Trinajstić information content (AvgIpc) is 1.83. The summed E-state index contributed by atoms with van der Waals surface area (Å²) < 4.78 is 26.0. The Kier molecular flexibility index (Phi) is 4.11. The van der Waals surface area contributed by atoms with Gasteiger partial charge in [-0.05, 0) is 0 Å². The molecule has 0 aromatic rings. The Morgan fingerprint density at radius 2 is 2.00 bits per heavy atom. The minimum absolute atomic E-state index is 0.154. The van der Waals surface area contributed by atoms with E-state index in [1.807, 2.05) is 0 Å². The number of ether oxygens (including phenoxy) is 1. The van der Waals surface area contributed by atoms with Crippen molar-refractivity contribution in [3.63, 3.8) is 0 Å². The van der Waals surface area contributed by atoms with E-state index in [9.17, 15) is 13.2 Å². The van der Waals surface area contributed by atoms with Crippen LogP contribution in [0, 0.1) is 0 Å². The molecule has 0 rings (SSSR count). The second-order valence-corrected chi connectivity index (χ2v) is 4.66. The van der Waals surface area contributed by atoms with Crippen molar-refractivity contribution in [3.05, 3.63) is 0 Å². The van der Waals surface area contributed by atoms with Crippen molar-refractivity contribution < 1.29 is 17.9 Å². The highest BCUT2D eigenvalue weighted by Gasteiger charge is 2.17. The minimum atomic E-state index is -3.53. The van der Waals surface area contributed by atoms with E-state index in [1.54, 1.807) is 0 Å². The molecule has 0 heterocycles. The van der Waals surface area contributed by atoms with Gasteiger partial charge in [0.1, 0.15) is 11.5 Å². The first-order chi connectivity index (χ1) is 5.37. The zero-order valence-corrected chi connectivity index (χ0v) is 8.07. The van der Waals surface area contributed by atoms with Crippen molar-refractivity contribution >= 4 is 33.0 Å². The van der Waals surface area contributed by atoms with Gasteiger partial charge in [-0.2, -0.15) is 0 Å². The average molecular weight is 211 g/mol. The number of esters is 1. The molecule has 0 atom stereocenters. The maximum absolute atomic E-state index is 10.9. The van der Waals surface area contributed by atoms with Crippen molar-refractivity contribution in [2.24, 2.45) is 5.73 Å². The summed E-state index contributed by atoms with van der Waals surface area (Å²) in [5.74, 6) is -1.95. The van der Waals surface area contributed by atoms with Crippen molar-refractivity contribution in [3.8, 4) is 0 Å². The molecule has 70 valence electrons. The fraction of sp³-hybridized carbons (Fsp3) is 0.600. The van der Waals surface area contributed by atoms with Crippen LogP contribution >= 0.6 is 12.2 Å². The molecule has 0 fully saturated rings. The van der Waals surface area contributed by atoms with E-state index < -0.39 is 27.3 Å². The van der Waals surface area contributed by atoms with Gasteiger partial charge < -0.3 is 10.5 Å². The largest absolute Gasteiger partial charge is 0.468 e. The highest BCUT2D eigenvalue weighted by Crippen LogP contribution is 1.91. The van der Waals surface area contributed by atoms with Crippen LogP contribution in [0.3, 0.4) is 0 Å². The van der Waals surface area contributed by atoms with Crippen molar-refractivity contribution in [2.75, 3.05) is 18.6 Å². The van der Waals surface area contributed by atoms with Crippen LogP contribution in [0.2, 0.25) is 0 Å². The van der Waals surface area contributed by atoms with E-state index in [0.717, 1.165) is 7.11 Å². The number of rotatable bonds is 4. The molecule has 0 radical (unpaired) electrons. The summed E-state index contributed by atoms with van der Waals surface area (Å²) >= 11 is 4.38. The standard InChI is InChI=1S/C5H9NO4S2/c1-10-5(7)3-12(8,9)2-4(6)11/h2-3H2,1H3,(H2,6,11). The second-order valence-electron chi connectivity index (χ2n) is 2.07. The van der Waals surface area contributed by atoms with Gasteiger partial charge in [0.25, 0.3) is 0 Å². The molecule has 0 aliphatic heterocycles. The van der Waals surface area contributed by atoms with Gasteiger partial charge in [0.2, 0.25) is 0 Å². The van der Waals surface area contributed by atoms with Gasteiger partial charge >= 0.3 is 5.97 Å². The lowest BCUT2D eigenvalue weighted by molar-refractivity contribution is -0.137. The first-order valence-corrected chi connectivity index (χ1v) is 5.16. The molecule has 5 nitrogen and oxygen atoms in total. The van der Waals surface area contributed by atoms with Crippen LogP contribution in [0.1, 0.15) is 0 Å². The summed E-state index contributed by atoms with van der Waals surface area (Å²) in [6, 6.07) is 0. The number of thiocarbonyl (C=S) groups is 1. The van der Waals surface area contributed by atoms with Gasteiger partial charge in [0.15, 0.2) is 9.84 Å². The lowest BCUT2D eigenvalue weighted by Gasteiger charge is -2.00. The Balaban J connectivity index is 4.25. The van der Waals surface area contributed by atoms with Crippen LogP contribution in [0.15, 0.2) is 0 Å². The quantitative estimate of drug-likeness (QED) is 0.467. The number of sulfone groups is 1. The molecule has 0 spiro atoms. The lowest BCUT2D eigenvalue weighted by Crippen LogP contribution is -2.27. The second kappa shape index (κ2) is 4.36. The van der Waals surface area contributed by atoms with E-state index in [0.29, 0.717) is 0 Å². The Hall–Kier alpha value is -0.690. The van der Waals surface area contributed by atoms with E-state index in [2.05, 4.69) is 17.0 Å². The van der Waals surface area contributed by atoms with Crippen LogP contribution < -0.4 is 5.73 Å². The summed E-state index contributed by atoms with van der Waals surface area (Å²) in [6.45, 7) is 0. The number of hydrogen-bond donors (Lipinski definition) is 1. The molecular formula is C5H9NO4S2. The first kappa shape index (κ1) is 11.3. The fourth-order valence-corrected chi connectivity index (χ4v) is 2.06. The molecular weight excluding hydrogens is 202 g/mol. The third kappa shape index (κ3) is 5.03. The van der Waals surface area contributed by atoms with Gasteiger partial charge in [-0.25, -0.2) is 8.42 Å². The van der Waals surface area contributed by atoms with Gasteiger partial charge in [-0.15, -0.1) is 0 Å². The van der Waals surface area contributed by atoms with Gasteiger partial charge in [-0.1, -0.05) is 12.2 Å². The molecule has 0 aromatic carbocycles. The predicted molar refractivity (Wildman–Crippen MR) is 47.5 cm³/mol. The Morgan fingerprint density at radius 1 is 1.50 bits per heavy atom. The number of carbonyl (C=O) groups is 1. The van der Waals surface area contributed by atoms with E-state index >= 15 is 0 Å². The molecule has 0 saturated carbocycles. The Labute approximate surface area is 75.8 Å². The monoisotopic (exact) mass is 211 g/mol. The third-order valence-corrected chi connectivity index (χ3v) is 2.68. The summed E-state index contributed by atoms with van der Waals surface area (Å²) in [5.41, 5.74) is 5.00. The fourth-order valence-electron chi connectivity index (χ4n) is 0.506. The van der Waals surface area contributed by atoms with Crippen molar-refractivity contribution in [1.82, 2.24) is 0 Å². The van der Waals surface area contributed by atoms with E-state index in [-0.39, 0.29) is 4.99 Å². The maximum atomic E-state index is 10.9. The maximum Gasteiger partial charge on any atom is 0.320 e. The highest BCUT2D eigenvalue weighted by molar-refractivity contribution is 7.94. The molecule has 7 heteroatoms. The van der Waals surface area contributed by atoms with Crippen LogP contribution in [-0.2, 0) is 19.4 Å². The topological polar surface area (TPSA) is 86.5 Å². The number of nitrogens with two attached hydrogens (primary N) is 1. The molecule has 0 saturated heterocycles. The Morgan fingerprint density at radius 3 is 2.33 bits per heavy atom. The lowest BCUT2D eigenvalue weighted by atomic mass is 10.8. The summed E-state index contributed by atoms with van der Waals surface area (Å²) in [6.07, 6.45) is 0. The van der Waals surface area contributed by atoms with Crippen LogP contribution in [0.4, 0.5) is 0 Å². The Bertz CT molecular complexity index is 282. The molecule has 2 N–H and O–H groups in total. The van der Waals surface area contributed by atoms with E-state index in [4.69, 9.17) is 5.73 Å². The molecule has 12 heavy (non-hydrogen) atoms. The molecule has 0 aromatic heterocycles. The number of carbonyl (C=O) groups excluding carboxylic acids is 1. The molecule has 0 amide bonds. The van der Waals surface area contributed by atoms with E-state index in [1.165, 1.54) is 0 Å². The molecule has 0 bridgehead atoms.